The molecular formula is C14H20N6O. The second kappa shape index (κ2) is 5.69. The summed E-state index contributed by atoms with van der Waals surface area (Å²) < 4.78 is 2.24. The molecule has 0 fully saturated rings. The third-order valence-electron chi connectivity index (χ3n) is 3.72. The highest BCUT2D eigenvalue weighted by Gasteiger charge is 2.22. The molecule has 1 aliphatic heterocycles. The number of aromatic nitrogens is 4. The number of carbonyl (C=O) groups is 1. The van der Waals surface area contributed by atoms with Crippen molar-refractivity contribution in [3.05, 3.63) is 35.7 Å². The number of nitrogens with one attached hydrogen (secondary N) is 1. The quantitative estimate of drug-likeness (QED) is 0.885. The summed E-state index contributed by atoms with van der Waals surface area (Å²) >= 11 is 0. The summed E-state index contributed by atoms with van der Waals surface area (Å²) in [5.41, 5.74) is 1.74. The average Bonchev–Trinajstić information content (AvgIpc) is 3.04. The Kier molecular flexibility index (Phi) is 3.74. The van der Waals surface area contributed by atoms with Gasteiger partial charge in [-0.3, -0.25) is 9.89 Å². The fraction of sp³-hybridized carbons (Fsp3) is 0.500. The molecule has 0 spiro atoms. The molecule has 1 aliphatic rings. The molecule has 0 radical (unpaired) electrons. The minimum atomic E-state index is 0.00686. The second-order valence-corrected chi connectivity index (χ2v) is 5.57. The Bertz CT molecular complexity index is 615. The van der Waals surface area contributed by atoms with E-state index in [0.29, 0.717) is 18.8 Å². The smallest absolute Gasteiger partial charge is 0.271 e. The van der Waals surface area contributed by atoms with E-state index in [2.05, 4.69) is 24.6 Å². The number of amides is 1. The monoisotopic (exact) mass is 288 g/mol. The molecule has 2 aromatic heterocycles. The number of nitrogens with zero attached hydrogens (tertiary/aromatic N) is 5. The zero-order chi connectivity index (χ0) is 14.8. The van der Waals surface area contributed by atoms with Gasteiger partial charge < -0.3 is 14.4 Å². The third kappa shape index (κ3) is 2.82. The average molecular weight is 288 g/mol. The Morgan fingerprint density at radius 2 is 2.24 bits per heavy atom. The first-order valence-electron chi connectivity index (χ1n) is 7.12. The Hall–Kier alpha value is -2.15. The van der Waals surface area contributed by atoms with Crippen molar-refractivity contribution in [2.75, 3.05) is 27.2 Å². The van der Waals surface area contributed by atoms with Crippen LogP contribution in [0.4, 0.5) is 0 Å². The number of H-pyrrole nitrogens is 1. The first-order valence-corrected chi connectivity index (χ1v) is 7.12. The number of aromatic amines is 1. The summed E-state index contributed by atoms with van der Waals surface area (Å²) in [6, 6.07) is 1.71. The fourth-order valence-electron chi connectivity index (χ4n) is 2.69. The van der Waals surface area contributed by atoms with Gasteiger partial charge in [0.1, 0.15) is 11.5 Å². The molecule has 7 nitrogen and oxygen atoms in total. The lowest BCUT2D eigenvalue weighted by Gasteiger charge is -2.19. The van der Waals surface area contributed by atoms with Gasteiger partial charge in [0.25, 0.3) is 5.91 Å². The van der Waals surface area contributed by atoms with E-state index in [0.717, 1.165) is 25.3 Å². The Morgan fingerprint density at radius 3 is 2.95 bits per heavy atom. The van der Waals surface area contributed by atoms with Crippen molar-refractivity contribution in [2.45, 2.75) is 19.5 Å². The van der Waals surface area contributed by atoms with Gasteiger partial charge in [-0.25, -0.2) is 4.98 Å². The number of imidazole rings is 1. The van der Waals surface area contributed by atoms with Gasteiger partial charge in [0.15, 0.2) is 0 Å². The van der Waals surface area contributed by atoms with Crippen LogP contribution in [0.5, 0.6) is 0 Å². The van der Waals surface area contributed by atoms with Crippen LogP contribution < -0.4 is 0 Å². The van der Waals surface area contributed by atoms with Crippen molar-refractivity contribution >= 4 is 5.91 Å². The van der Waals surface area contributed by atoms with Gasteiger partial charge in [-0.1, -0.05) is 0 Å². The van der Waals surface area contributed by atoms with E-state index in [1.807, 2.05) is 25.2 Å². The van der Waals surface area contributed by atoms with E-state index in [9.17, 15) is 4.79 Å². The summed E-state index contributed by atoms with van der Waals surface area (Å²) in [7, 11) is 4.09. The van der Waals surface area contributed by atoms with Crippen LogP contribution in [0.2, 0.25) is 0 Å². The summed E-state index contributed by atoms with van der Waals surface area (Å²) in [6.07, 6.45) is 4.33. The van der Waals surface area contributed by atoms with E-state index in [1.165, 1.54) is 5.69 Å². The zero-order valence-corrected chi connectivity index (χ0v) is 12.4. The maximum Gasteiger partial charge on any atom is 0.271 e. The molecule has 112 valence electrons. The second-order valence-electron chi connectivity index (χ2n) is 5.57. The largest absolute Gasteiger partial charge is 0.335 e. The van der Waals surface area contributed by atoms with Gasteiger partial charge in [0, 0.05) is 45.0 Å². The number of hydrogen-bond acceptors (Lipinski definition) is 4. The molecular weight excluding hydrogens is 268 g/mol. The topological polar surface area (TPSA) is 70.1 Å². The molecule has 0 atom stereocenters. The van der Waals surface area contributed by atoms with Gasteiger partial charge >= 0.3 is 0 Å². The lowest BCUT2D eigenvalue weighted by Crippen LogP contribution is -2.34. The van der Waals surface area contributed by atoms with Crippen molar-refractivity contribution in [3.63, 3.8) is 0 Å². The summed E-state index contributed by atoms with van der Waals surface area (Å²) in [6.45, 7) is 3.04. The van der Waals surface area contributed by atoms with E-state index < -0.39 is 0 Å². The Labute approximate surface area is 123 Å². The van der Waals surface area contributed by atoms with Gasteiger partial charge in [-0.2, -0.15) is 5.10 Å². The van der Waals surface area contributed by atoms with Crippen LogP contribution in [-0.2, 0) is 19.5 Å². The van der Waals surface area contributed by atoms with Gasteiger partial charge in [0.2, 0.25) is 0 Å². The van der Waals surface area contributed by atoms with Crippen molar-refractivity contribution in [2.24, 2.45) is 0 Å². The highest BCUT2D eigenvalue weighted by atomic mass is 16.2. The number of hydrogen-bond donors (Lipinski definition) is 1. The van der Waals surface area contributed by atoms with E-state index in [4.69, 9.17) is 0 Å². The lowest BCUT2D eigenvalue weighted by atomic mass is 10.3. The molecule has 0 saturated heterocycles. The molecule has 2 aromatic rings. The predicted molar refractivity (Wildman–Crippen MR) is 77.8 cm³/mol. The van der Waals surface area contributed by atoms with Gasteiger partial charge in [-0.05, 0) is 20.2 Å². The molecule has 0 bridgehead atoms. The first kappa shape index (κ1) is 13.8. The van der Waals surface area contributed by atoms with Gasteiger partial charge in [0.05, 0.1) is 5.69 Å². The summed E-state index contributed by atoms with van der Waals surface area (Å²) in [5.74, 6) is 1.07. The van der Waals surface area contributed by atoms with Crippen LogP contribution >= 0.6 is 0 Å². The van der Waals surface area contributed by atoms with Crippen LogP contribution in [0.1, 0.15) is 22.0 Å². The lowest BCUT2D eigenvalue weighted by molar-refractivity contribution is 0.0753. The van der Waals surface area contributed by atoms with Crippen molar-refractivity contribution in [3.8, 4) is 0 Å². The molecule has 0 unspecified atom stereocenters. The molecule has 21 heavy (non-hydrogen) atoms. The van der Waals surface area contributed by atoms with E-state index >= 15 is 0 Å². The summed E-state index contributed by atoms with van der Waals surface area (Å²) in [4.78, 5) is 20.9. The minimum Gasteiger partial charge on any atom is -0.335 e. The highest BCUT2D eigenvalue weighted by molar-refractivity contribution is 5.92. The van der Waals surface area contributed by atoms with Gasteiger partial charge in [-0.15, -0.1) is 0 Å². The van der Waals surface area contributed by atoms with Crippen LogP contribution in [0.25, 0.3) is 0 Å². The molecule has 0 saturated carbocycles. The molecule has 3 rings (SSSR count). The maximum absolute atomic E-state index is 12.4. The molecule has 0 aliphatic carbocycles. The van der Waals surface area contributed by atoms with Crippen molar-refractivity contribution < 1.29 is 4.79 Å². The Balaban J connectivity index is 1.74. The molecule has 3 heterocycles. The Morgan fingerprint density at radius 1 is 1.38 bits per heavy atom. The van der Waals surface area contributed by atoms with Crippen LogP contribution in [0, 0.1) is 0 Å². The first-order chi connectivity index (χ1) is 10.1. The van der Waals surface area contributed by atoms with Crippen molar-refractivity contribution in [1.82, 2.24) is 29.5 Å². The number of fused-ring (bicyclic) bond motifs is 1. The SMILES string of the molecule is CN(C)Cc1cnc2n1CCN(C(=O)c1ccn[nH]1)CC2. The fourth-order valence-corrected chi connectivity index (χ4v) is 2.69. The van der Waals surface area contributed by atoms with Crippen LogP contribution in [0.3, 0.4) is 0 Å². The molecule has 7 heteroatoms. The van der Waals surface area contributed by atoms with Crippen molar-refractivity contribution in [1.29, 1.82) is 0 Å². The molecule has 1 amide bonds. The minimum absolute atomic E-state index is 0.00686. The molecule has 0 aromatic carbocycles. The van der Waals surface area contributed by atoms with Crippen LogP contribution in [0.15, 0.2) is 18.5 Å². The normalized spacial score (nSPS) is 15.1. The predicted octanol–water partition coefficient (Wildman–Crippen LogP) is 0.366. The zero-order valence-electron chi connectivity index (χ0n) is 12.4. The third-order valence-corrected chi connectivity index (χ3v) is 3.72. The van der Waals surface area contributed by atoms with E-state index in [1.54, 1.807) is 12.3 Å². The maximum atomic E-state index is 12.4. The highest BCUT2D eigenvalue weighted by Crippen LogP contribution is 2.14. The number of carbonyl (C=O) groups excluding carboxylic acids is 1. The van der Waals surface area contributed by atoms with Crippen LogP contribution in [-0.4, -0.2) is 62.6 Å². The standard InChI is InChI=1S/C14H20N6O/c1-18(2)10-11-9-15-13-4-6-19(7-8-20(11)13)14(21)12-3-5-16-17-12/h3,5,9H,4,6-8,10H2,1-2H3,(H,16,17). The summed E-state index contributed by atoms with van der Waals surface area (Å²) in [5, 5.41) is 6.58. The number of rotatable bonds is 3. The van der Waals surface area contributed by atoms with E-state index in [-0.39, 0.29) is 5.91 Å². The molecule has 1 N–H and O–H groups in total.